The zero-order valence-corrected chi connectivity index (χ0v) is 13.8. The molecule has 1 amide bonds. The van der Waals surface area contributed by atoms with Crippen LogP contribution in [0.4, 0.5) is 0 Å². The first-order valence-corrected chi connectivity index (χ1v) is 8.36. The Labute approximate surface area is 138 Å². The normalized spacial score (nSPS) is 11.2. The summed E-state index contributed by atoms with van der Waals surface area (Å²) in [5.41, 5.74) is 0.0316. The molecule has 0 aliphatic carbocycles. The van der Waals surface area contributed by atoms with Gasteiger partial charge in [-0.3, -0.25) is 9.80 Å². The van der Waals surface area contributed by atoms with Crippen molar-refractivity contribution in [1.29, 1.82) is 0 Å². The van der Waals surface area contributed by atoms with Crippen molar-refractivity contribution in [2.24, 2.45) is 0 Å². The zero-order valence-electron chi connectivity index (χ0n) is 11.5. The lowest BCUT2D eigenvalue weighted by molar-refractivity contribution is 0.0765. The summed E-state index contributed by atoms with van der Waals surface area (Å²) in [6, 6.07) is 12.3. The van der Waals surface area contributed by atoms with Crippen LogP contribution in [0, 0.1) is 0 Å². The van der Waals surface area contributed by atoms with E-state index in [9.17, 15) is 13.2 Å². The third-order valence-corrected chi connectivity index (χ3v) is 4.83. The number of amides is 1. The van der Waals surface area contributed by atoms with Gasteiger partial charge in [0.1, 0.15) is 0 Å². The van der Waals surface area contributed by atoms with Crippen molar-refractivity contribution in [3.63, 3.8) is 0 Å². The van der Waals surface area contributed by atoms with Crippen molar-refractivity contribution in [3.05, 3.63) is 64.1 Å². The van der Waals surface area contributed by atoms with Gasteiger partial charge in [0.2, 0.25) is 0 Å². The lowest BCUT2D eigenvalue weighted by Crippen LogP contribution is -2.43. The van der Waals surface area contributed by atoms with Crippen molar-refractivity contribution in [2.45, 2.75) is 4.90 Å². The Hall–Kier alpha value is -1.60. The van der Waals surface area contributed by atoms with Crippen LogP contribution in [0.25, 0.3) is 0 Å². The van der Waals surface area contributed by atoms with E-state index in [2.05, 4.69) is 4.83 Å². The number of carbonyl (C=O) groups excluding carboxylic acids is 1. The molecule has 2 aromatic rings. The quantitative estimate of drug-likeness (QED) is 0.854. The molecular weight excluding hydrogens is 347 g/mol. The molecule has 8 heteroatoms. The first kappa shape index (κ1) is 16.8. The molecular formula is C14H12Cl2N2O3S. The van der Waals surface area contributed by atoms with Crippen molar-refractivity contribution in [3.8, 4) is 0 Å². The Morgan fingerprint density at radius 3 is 2.09 bits per heavy atom. The van der Waals surface area contributed by atoms with E-state index in [0.717, 1.165) is 5.01 Å². The highest BCUT2D eigenvalue weighted by atomic mass is 35.5. The van der Waals surface area contributed by atoms with E-state index in [-0.39, 0.29) is 20.5 Å². The van der Waals surface area contributed by atoms with E-state index in [1.165, 1.54) is 31.3 Å². The van der Waals surface area contributed by atoms with E-state index < -0.39 is 15.9 Å². The number of carbonyl (C=O) groups is 1. The number of benzene rings is 2. The molecule has 0 radical (unpaired) electrons. The van der Waals surface area contributed by atoms with Gasteiger partial charge in [0.15, 0.2) is 0 Å². The fourth-order valence-electron chi connectivity index (χ4n) is 1.74. The van der Waals surface area contributed by atoms with E-state index in [4.69, 9.17) is 23.2 Å². The predicted octanol–water partition coefficient (Wildman–Crippen LogP) is 2.96. The summed E-state index contributed by atoms with van der Waals surface area (Å²) in [6.45, 7) is 0. The number of hydrogen-bond acceptors (Lipinski definition) is 3. The molecule has 0 spiro atoms. The molecule has 0 fully saturated rings. The monoisotopic (exact) mass is 358 g/mol. The van der Waals surface area contributed by atoms with Crippen molar-refractivity contribution < 1.29 is 13.2 Å². The van der Waals surface area contributed by atoms with Crippen LogP contribution >= 0.6 is 23.2 Å². The maximum Gasteiger partial charge on any atom is 0.271 e. The third kappa shape index (κ3) is 3.59. The maximum absolute atomic E-state index is 12.3. The lowest BCUT2D eigenvalue weighted by atomic mass is 10.2. The molecule has 0 saturated heterocycles. The van der Waals surface area contributed by atoms with Crippen LogP contribution < -0.4 is 4.83 Å². The first-order chi connectivity index (χ1) is 10.3. The number of hydrogen-bond donors (Lipinski definition) is 1. The van der Waals surface area contributed by atoms with Crippen molar-refractivity contribution in [2.75, 3.05) is 7.05 Å². The van der Waals surface area contributed by atoms with E-state index in [0.29, 0.717) is 0 Å². The van der Waals surface area contributed by atoms with Crippen LogP contribution in [-0.2, 0) is 10.0 Å². The first-order valence-electron chi connectivity index (χ1n) is 6.12. The molecule has 0 bridgehead atoms. The van der Waals surface area contributed by atoms with Gasteiger partial charge in [0.25, 0.3) is 15.9 Å². The minimum absolute atomic E-state index is 0.0316. The standard InChI is InChI=1S/C14H12Cl2N2O3S/c1-18(14(19)13-11(15)8-5-9-12(13)16)17-22(20,21)10-6-3-2-4-7-10/h2-9,17H,1H3. The van der Waals surface area contributed by atoms with E-state index >= 15 is 0 Å². The van der Waals surface area contributed by atoms with Crippen LogP contribution in [0.5, 0.6) is 0 Å². The molecule has 2 aromatic carbocycles. The molecule has 22 heavy (non-hydrogen) atoms. The van der Waals surface area contributed by atoms with E-state index in [1.54, 1.807) is 24.3 Å². The Bertz CT molecular complexity index is 775. The fourth-order valence-corrected chi connectivity index (χ4v) is 3.37. The lowest BCUT2D eigenvalue weighted by Gasteiger charge is -2.19. The largest absolute Gasteiger partial charge is 0.271 e. The van der Waals surface area contributed by atoms with Crippen LogP contribution in [0.15, 0.2) is 53.4 Å². The van der Waals surface area contributed by atoms with E-state index in [1.807, 2.05) is 0 Å². The summed E-state index contributed by atoms with van der Waals surface area (Å²) in [5, 5.41) is 1.11. The van der Waals surface area contributed by atoms with Gasteiger partial charge in [-0.15, -0.1) is 4.83 Å². The molecule has 1 N–H and O–H groups in total. The van der Waals surface area contributed by atoms with Gasteiger partial charge in [-0.25, -0.2) is 8.42 Å². The minimum Gasteiger partial charge on any atom is -0.267 e. The second kappa shape index (κ2) is 6.66. The maximum atomic E-state index is 12.3. The van der Waals surface area contributed by atoms with Gasteiger partial charge in [0.05, 0.1) is 20.5 Å². The number of nitrogens with zero attached hydrogens (tertiary/aromatic N) is 1. The summed E-state index contributed by atoms with van der Waals surface area (Å²) in [4.78, 5) is 14.5. The molecule has 0 aromatic heterocycles. The Morgan fingerprint density at radius 2 is 1.55 bits per heavy atom. The fraction of sp³-hybridized carbons (Fsp3) is 0.0714. The summed E-state index contributed by atoms with van der Waals surface area (Å²) < 4.78 is 24.4. The second-order valence-corrected chi connectivity index (χ2v) is 6.84. The van der Waals surface area contributed by atoms with Gasteiger partial charge >= 0.3 is 0 Å². The Balaban J connectivity index is 2.26. The summed E-state index contributed by atoms with van der Waals surface area (Å²) >= 11 is 11.9. The second-order valence-electron chi connectivity index (χ2n) is 4.37. The SMILES string of the molecule is CN(NS(=O)(=O)c1ccccc1)C(=O)c1c(Cl)cccc1Cl. The molecule has 0 aliphatic rings. The number of nitrogens with one attached hydrogen (secondary N) is 1. The number of hydrazine groups is 1. The van der Waals surface area contributed by atoms with Gasteiger partial charge in [0, 0.05) is 7.05 Å². The van der Waals surface area contributed by atoms with Crippen LogP contribution in [-0.4, -0.2) is 26.4 Å². The summed E-state index contributed by atoms with van der Waals surface area (Å²) in [5.74, 6) is -0.657. The molecule has 5 nitrogen and oxygen atoms in total. The molecule has 2 rings (SSSR count). The van der Waals surface area contributed by atoms with Crippen molar-refractivity contribution >= 4 is 39.1 Å². The number of sulfonamides is 1. The minimum atomic E-state index is -3.87. The number of rotatable bonds is 4. The molecule has 0 saturated carbocycles. The summed E-state index contributed by atoms with van der Waals surface area (Å²) in [6.07, 6.45) is 0. The molecule has 0 atom stereocenters. The number of halogens is 2. The molecule has 0 unspecified atom stereocenters. The predicted molar refractivity (Wildman–Crippen MR) is 85.3 cm³/mol. The smallest absolute Gasteiger partial charge is 0.267 e. The zero-order chi connectivity index (χ0) is 16.3. The highest BCUT2D eigenvalue weighted by molar-refractivity contribution is 7.89. The molecule has 0 aliphatic heterocycles. The highest BCUT2D eigenvalue weighted by Gasteiger charge is 2.23. The third-order valence-electron chi connectivity index (χ3n) is 2.79. The topological polar surface area (TPSA) is 66.5 Å². The van der Waals surface area contributed by atoms with Gasteiger partial charge < -0.3 is 0 Å². The summed E-state index contributed by atoms with van der Waals surface area (Å²) in [7, 11) is -2.59. The molecule has 116 valence electrons. The van der Waals surface area contributed by atoms with Gasteiger partial charge in [-0.1, -0.05) is 47.5 Å². The van der Waals surface area contributed by atoms with Crippen LogP contribution in [0.2, 0.25) is 10.0 Å². The Kier molecular flexibility index (Phi) is 5.08. The van der Waals surface area contributed by atoms with Crippen molar-refractivity contribution in [1.82, 2.24) is 9.84 Å². The average molecular weight is 359 g/mol. The average Bonchev–Trinajstić information content (AvgIpc) is 2.47. The van der Waals surface area contributed by atoms with Crippen LogP contribution in [0.3, 0.4) is 0 Å². The Morgan fingerprint density at radius 1 is 1.00 bits per heavy atom. The van der Waals surface area contributed by atoms with Crippen LogP contribution in [0.1, 0.15) is 10.4 Å². The van der Waals surface area contributed by atoms with Gasteiger partial charge in [-0.05, 0) is 24.3 Å². The highest BCUT2D eigenvalue weighted by Crippen LogP contribution is 2.25. The molecule has 0 heterocycles. The van der Waals surface area contributed by atoms with Gasteiger partial charge in [-0.2, -0.15) is 0 Å².